The van der Waals surface area contributed by atoms with Gasteiger partial charge in [-0.25, -0.2) is 9.50 Å². The van der Waals surface area contributed by atoms with Crippen LogP contribution in [0.5, 0.6) is 0 Å². The second-order valence-corrected chi connectivity index (χ2v) is 6.69. The summed E-state index contributed by atoms with van der Waals surface area (Å²) in [5.41, 5.74) is 0.831. The van der Waals surface area contributed by atoms with Crippen LogP contribution in [-0.2, 0) is 4.79 Å². The largest absolute Gasteiger partial charge is 0.481 e. The molecule has 2 atom stereocenters. The SMILES string of the molecule is Cc1cc(C)n2nc(C(=O)NC3(C)CCCCC3C(=O)O)nc2n1. The Hall–Kier alpha value is -2.51. The summed E-state index contributed by atoms with van der Waals surface area (Å²) in [7, 11) is 0. The van der Waals surface area contributed by atoms with Gasteiger partial charge in [0.25, 0.3) is 11.7 Å². The topological polar surface area (TPSA) is 109 Å². The van der Waals surface area contributed by atoms with Crippen LogP contribution in [0.25, 0.3) is 5.78 Å². The van der Waals surface area contributed by atoms with E-state index in [0.29, 0.717) is 18.6 Å². The number of hydrogen-bond donors (Lipinski definition) is 2. The van der Waals surface area contributed by atoms with Gasteiger partial charge in [0.1, 0.15) is 0 Å². The molecule has 2 N–H and O–H groups in total. The first-order valence-corrected chi connectivity index (χ1v) is 8.06. The van der Waals surface area contributed by atoms with Crippen molar-refractivity contribution in [2.75, 3.05) is 0 Å². The van der Waals surface area contributed by atoms with Gasteiger partial charge >= 0.3 is 5.97 Å². The molecule has 2 aromatic rings. The molecule has 0 radical (unpaired) electrons. The first-order valence-electron chi connectivity index (χ1n) is 8.06. The van der Waals surface area contributed by atoms with Gasteiger partial charge in [-0.2, -0.15) is 4.98 Å². The Labute approximate surface area is 139 Å². The summed E-state index contributed by atoms with van der Waals surface area (Å²) in [6.45, 7) is 5.50. The number of amides is 1. The van der Waals surface area contributed by atoms with Crippen molar-refractivity contribution in [3.8, 4) is 0 Å². The number of aliphatic carboxylic acids is 1. The molecular formula is C16H21N5O3. The number of carbonyl (C=O) groups is 2. The number of nitrogens with zero attached hydrogens (tertiary/aromatic N) is 4. The van der Waals surface area contributed by atoms with Crippen molar-refractivity contribution in [1.29, 1.82) is 0 Å². The highest BCUT2D eigenvalue weighted by Gasteiger charge is 2.42. The second kappa shape index (κ2) is 5.85. The minimum atomic E-state index is -0.881. The van der Waals surface area contributed by atoms with Gasteiger partial charge in [0, 0.05) is 11.4 Å². The Morgan fingerprint density at radius 3 is 2.79 bits per heavy atom. The number of carboxylic acids is 1. The summed E-state index contributed by atoms with van der Waals surface area (Å²) >= 11 is 0. The Morgan fingerprint density at radius 2 is 2.08 bits per heavy atom. The van der Waals surface area contributed by atoms with E-state index in [-0.39, 0.29) is 5.82 Å². The van der Waals surface area contributed by atoms with Crippen molar-refractivity contribution in [3.63, 3.8) is 0 Å². The van der Waals surface area contributed by atoms with Crippen LogP contribution in [0.1, 0.15) is 54.6 Å². The average Bonchev–Trinajstić information content (AvgIpc) is 2.91. The van der Waals surface area contributed by atoms with Gasteiger partial charge in [-0.05, 0) is 39.7 Å². The first kappa shape index (κ1) is 16.4. The summed E-state index contributed by atoms with van der Waals surface area (Å²) in [4.78, 5) is 32.5. The van der Waals surface area contributed by atoms with Crippen molar-refractivity contribution in [3.05, 3.63) is 23.3 Å². The van der Waals surface area contributed by atoms with Crippen LogP contribution < -0.4 is 5.32 Å². The van der Waals surface area contributed by atoms with E-state index in [9.17, 15) is 14.7 Å². The summed E-state index contributed by atoms with van der Waals surface area (Å²) in [5, 5.41) is 16.5. The van der Waals surface area contributed by atoms with E-state index in [1.165, 1.54) is 4.52 Å². The van der Waals surface area contributed by atoms with Crippen LogP contribution in [0.2, 0.25) is 0 Å². The van der Waals surface area contributed by atoms with E-state index in [0.717, 1.165) is 24.2 Å². The second-order valence-electron chi connectivity index (χ2n) is 6.69. The molecule has 1 aliphatic carbocycles. The Balaban J connectivity index is 1.89. The number of hydrogen-bond acceptors (Lipinski definition) is 5. The predicted octanol–water partition coefficient (Wildman–Crippen LogP) is 1.50. The molecule has 1 amide bonds. The fraction of sp³-hybridized carbons (Fsp3) is 0.562. The first-order chi connectivity index (χ1) is 11.3. The number of carboxylic acid groups (broad SMARTS) is 1. The average molecular weight is 331 g/mol. The molecule has 2 aromatic heterocycles. The summed E-state index contributed by atoms with van der Waals surface area (Å²) in [6.07, 6.45) is 2.93. The van der Waals surface area contributed by atoms with Crippen LogP contribution in [0.15, 0.2) is 6.07 Å². The zero-order chi connectivity index (χ0) is 17.5. The third-order valence-corrected chi connectivity index (χ3v) is 4.73. The number of nitrogens with one attached hydrogen (secondary N) is 1. The molecule has 0 aromatic carbocycles. The standard InChI is InChI=1S/C16H21N5O3/c1-9-8-10(2)21-15(17-9)18-12(20-21)13(22)19-16(3)7-5-4-6-11(16)14(23)24/h8,11H,4-7H2,1-3H3,(H,19,22)(H,23,24). The van der Waals surface area contributed by atoms with E-state index in [1.807, 2.05) is 19.9 Å². The van der Waals surface area contributed by atoms with Crippen LogP contribution in [0.4, 0.5) is 0 Å². The molecule has 8 nitrogen and oxygen atoms in total. The molecule has 0 spiro atoms. The van der Waals surface area contributed by atoms with E-state index < -0.39 is 23.3 Å². The Kier molecular flexibility index (Phi) is 3.98. The lowest BCUT2D eigenvalue weighted by Crippen LogP contribution is -2.55. The van der Waals surface area contributed by atoms with E-state index in [4.69, 9.17) is 0 Å². The molecule has 8 heteroatoms. The molecular weight excluding hydrogens is 310 g/mol. The van der Waals surface area contributed by atoms with Crippen molar-refractivity contribution >= 4 is 17.7 Å². The lowest BCUT2D eigenvalue weighted by atomic mass is 9.74. The minimum Gasteiger partial charge on any atom is -0.481 e. The molecule has 0 aliphatic heterocycles. The van der Waals surface area contributed by atoms with E-state index >= 15 is 0 Å². The molecule has 1 aliphatic rings. The highest BCUT2D eigenvalue weighted by atomic mass is 16.4. The highest BCUT2D eigenvalue weighted by Crippen LogP contribution is 2.34. The molecule has 1 saturated carbocycles. The third kappa shape index (κ3) is 2.83. The summed E-state index contributed by atoms with van der Waals surface area (Å²) in [5.74, 6) is -1.58. The summed E-state index contributed by atoms with van der Waals surface area (Å²) < 4.78 is 1.51. The lowest BCUT2D eigenvalue weighted by Gasteiger charge is -2.39. The molecule has 0 bridgehead atoms. The number of aryl methyl sites for hydroxylation is 2. The van der Waals surface area contributed by atoms with Crippen molar-refractivity contribution < 1.29 is 14.7 Å². The van der Waals surface area contributed by atoms with Crippen molar-refractivity contribution in [2.45, 2.75) is 52.0 Å². The maximum atomic E-state index is 12.6. The number of aromatic nitrogens is 4. The molecule has 2 unspecified atom stereocenters. The van der Waals surface area contributed by atoms with Gasteiger partial charge in [-0.15, -0.1) is 5.10 Å². The molecule has 0 saturated heterocycles. The fourth-order valence-corrected chi connectivity index (χ4v) is 3.46. The van der Waals surface area contributed by atoms with Crippen LogP contribution in [0, 0.1) is 19.8 Å². The smallest absolute Gasteiger partial charge is 0.308 e. The van der Waals surface area contributed by atoms with Crippen LogP contribution in [-0.4, -0.2) is 42.1 Å². The third-order valence-electron chi connectivity index (χ3n) is 4.73. The van der Waals surface area contributed by atoms with Crippen LogP contribution >= 0.6 is 0 Å². The fourth-order valence-electron chi connectivity index (χ4n) is 3.46. The number of fused-ring (bicyclic) bond motifs is 1. The van der Waals surface area contributed by atoms with Gasteiger partial charge in [-0.3, -0.25) is 9.59 Å². The minimum absolute atomic E-state index is 0.00661. The summed E-state index contributed by atoms with van der Waals surface area (Å²) in [6, 6.07) is 1.85. The number of carbonyl (C=O) groups excluding carboxylic acids is 1. The zero-order valence-electron chi connectivity index (χ0n) is 14.0. The van der Waals surface area contributed by atoms with Gasteiger partial charge < -0.3 is 10.4 Å². The normalized spacial score (nSPS) is 24.0. The van der Waals surface area contributed by atoms with E-state index in [1.54, 1.807) is 6.92 Å². The number of rotatable bonds is 3. The Morgan fingerprint density at radius 1 is 1.33 bits per heavy atom. The quantitative estimate of drug-likeness (QED) is 0.882. The molecule has 128 valence electrons. The highest BCUT2D eigenvalue weighted by molar-refractivity contribution is 5.92. The lowest BCUT2D eigenvalue weighted by molar-refractivity contribution is -0.145. The maximum absolute atomic E-state index is 12.6. The van der Waals surface area contributed by atoms with E-state index in [2.05, 4.69) is 20.4 Å². The van der Waals surface area contributed by atoms with Crippen LogP contribution in [0.3, 0.4) is 0 Å². The monoisotopic (exact) mass is 331 g/mol. The van der Waals surface area contributed by atoms with Gasteiger partial charge in [0.05, 0.1) is 11.5 Å². The van der Waals surface area contributed by atoms with Crippen molar-refractivity contribution in [1.82, 2.24) is 24.9 Å². The van der Waals surface area contributed by atoms with Gasteiger partial charge in [0.2, 0.25) is 5.82 Å². The molecule has 24 heavy (non-hydrogen) atoms. The zero-order valence-corrected chi connectivity index (χ0v) is 14.0. The maximum Gasteiger partial charge on any atom is 0.308 e. The predicted molar refractivity (Wildman–Crippen MR) is 85.7 cm³/mol. The Bertz CT molecular complexity index is 815. The van der Waals surface area contributed by atoms with Gasteiger partial charge in [-0.1, -0.05) is 12.8 Å². The molecule has 3 rings (SSSR count). The molecule has 2 heterocycles. The molecule has 1 fully saturated rings. The van der Waals surface area contributed by atoms with Crippen molar-refractivity contribution in [2.24, 2.45) is 5.92 Å². The van der Waals surface area contributed by atoms with Gasteiger partial charge in [0.15, 0.2) is 0 Å².